The molecule has 2 aliphatic rings. The van der Waals surface area contributed by atoms with Gasteiger partial charge in [-0.1, -0.05) is 244 Å². The second kappa shape index (κ2) is 60.2. The largest absolute Gasteiger partial charge is 0.351 e. The number of hydrogen-bond acceptors (Lipinski definition) is 9. The van der Waals surface area contributed by atoms with Crippen molar-refractivity contribution in [2.45, 2.75) is 40.7 Å². The predicted molar refractivity (Wildman–Crippen MR) is 591 cm³/mol. The molecule has 0 N–H and O–H groups in total. The number of anilines is 2. The first-order valence-electron chi connectivity index (χ1n) is 48.1. The molecule has 14 heteroatoms. The van der Waals surface area contributed by atoms with E-state index in [1.54, 1.807) is 24.8 Å². The molecular formula is C134H107Ir4N10-7. The van der Waals surface area contributed by atoms with Crippen molar-refractivity contribution in [2.75, 3.05) is 16.5 Å². The summed E-state index contributed by atoms with van der Waals surface area (Å²) in [4.78, 5) is 35.1. The van der Waals surface area contributed by atoms with Gasteiger partial charge in [-0.15, -0.1) is 257 Å². The van der Waals surface area contributed by atoms with E-state index in [9.17, 15) is 0 Å². The molecule has 4 radical (unpaired) electrons. The van der Waals surface area contributed by atoms with Gasteiger partial charge in [0.25, 0.3) is 0 Å². The molecule has 10 heterocycles. The molecule has 0 unspecified atom stereocenters. The quantitative estimate of drug-likeness (QED) is 0.0734. The van der Waals surface area contributed by atoms with Crippen molar-refractivity contribution in [1.29, 1.82) is 0 Å². The molecule has 0 atom stereocenters. The molecule has 22 aromatic rings. The Hall–Kier alpha value is -15.8. The van der Waals surface area contributed by atoms with Gasteiger partial charge in [-0.05, 0) is 165 Å². The number of benzene rings is 14. The van der Waals surface area contributed by atoms with E-state index in [2.05, 4.69) is 326 Å². The summed E-state index contributed by atoms with van der Waals surface area (Å²) in [5, 5.41) is 0. The number of nitrogens with zero attached hydrogens (tertiary/aromatic N) is 10. The standard InChI is InChI=1S/3C18H14N.C17H12N.C15H13N2.C15H16N.3C11H8N.4Ir/c1-2-6-14(7-3-1)15-9-10-16-13-19-11-5-4-8-18(19)17(16)12-15;1-14-12-18(16-10-6-3-7-11-16)19-13-17(14)15-8-4-2-5-9-15;1-14-7-5-6-10-17(14)16-11-12-18(19-13-16)15-8-3-2-4-9-15;1-2-7-14(8-3-1)15-9-6-10-16(13-15)17-11-4-5-12-18-17;1-3-7-14(8-4-1)16-11-12-17(13-16)15-9-5-2-6-10-15;1-12(2)11-14-9-6-10-15(16-14)13-7-4-3-5-8-13;3*1-2-6-10(7-3-1)11-8-4-5-9-12-11;;;;/h1-12H,13H2;2-10,12-13H,1H3;2-8,10-13H,1H3;1-9,11-13H;1-9,11-12H,13H2;3-7,9-10,12H,11H2,1-2H3;3*1-6,8-9H;;;;/q+1;8*-1;;;;. The Bertz CT molecular complexity index is 7180. The van der Waals surface area contributed by atoms with Gasteiger partial charge in [0.2, 0.25) is 5.69 Å². The molecule has 2 aliphatic heterocycles. The monoisotopic (exact) mass is 2630 g/mol. The van der Waals surface area contributed by atoms with Gasteiger partial charge in [-0.3, -0.25) is 0 Å². The van der Waals surface area contributed by atoms with E-state index >= 15 is 0 Å². The van der Waals surface area contributed by atoms with Crippen LogP contribution in [0.15, 0.2) is 535 Å². The van der Waals surface area contributed by atoms with Crippen LogP contribution in [0.1, 0.15) is 36.2 Å². The zero-order valence-corrected chi connectivity index (χ0v) is 91.9. The Morgan fingerprint density at radius 1 is 0.270 bits per heavy atom. The van der Waals surface area contributed by atoms with Crippen LogP contribution in [0, 0.1) is 68.3 Å². The molecule has 0 spiro atoms. The van der Waals surface area contributed by atoms with Crippen LogP contribution in [0.2, 0.25) is 0 Å². The Morgan fingerprint density at radius 3 is 1.14 bits per heavy atom. The Labute approximate surface area is 926 Å². The number of hydrogen-bond donors (Lipinski definition) is 0. The predicted octanol–water partition coefficient (Wildman–Crippen LogP) is 31.6. The van der Waals surface area contributed by atoms with Gasteiger partial charge in [0.05, 0.1) is 12.2 Å². The molecule has 14 aromatic carbocycles. The van der Waals surface area contributed by atoms with E-state index < -0.39 is 0 Å². The van der Waals surface area contributed by atoms with Gasteiger partial charge >= 0.3 is 0 Å². The van der Waals surface area contributed by atoms with E-state index in [-0.39, 0.29) is 80.4 Å². The maximum Gasteiger partial charge on any atom is 0.213 e. The van der Waals surface area contributed by atoms with Gasteiger partial charge < -0.3 is 44.7 Å². The zero-order valence-electron chi connectivity index (χ0n) is 82.3. The molecule has 0 saturated heterocycles. The van der Waals surface area contributed by atoms with E-state index in [0.29, 0.717) is 5.92 Å². The van der Waals surface area contributed by atoms with Crippen molar-refractivity contribution in [1.82, 2.24) is 34.9 Å². The maximum atomic E-state index is 4.65. The van der Waals surface area contributed by atoms with Crippen LogP contribution in [0.4, 0.5) is 11.4 Å². The Morgan fingerprint density at radius 2 is 0.676 bits per heavy atom. The van der Waals surface area contributed by atoms with E-state index in [4.69, 9.17) is 0 Å². The number of aryl methyl sites for hydroxylation is 2. The topological polar surface area (TPSA) is 101 Å². The maximum absolute atomic E-state index is 4.65. The molecule has 148 heavy (non-hydrogen) atoms. The van der Waals surface area contributed by atoms with Gasteiger partial charge in [-0.25, -0.2) is 0 Å². The molecular weight excluding hydrogens is 2520 g/mol. The average molecular weight is 2630 g/mol. The minimum Gasteiger partial charge on any atom is -0.351 e. The van der Waals surface area contributed by atoms with Crippen LogP contribution < -0.4 is 14.4 Å². The first-order valence-corrected chi connectivity index (χ1v) is 48.1. The molecule has 0 fully saturated rings. The third-order valence-corrected chi connectivity index (χ3v) is 23.2. The smallest absolute Gasteiger partial charge is 0.213 e. The van der Waals surface area contributed by atoms with Crippen LogP contribution in [-0.4, -0.2) is 41.6 Å². The minimum atomic E-state index is 0. The molecule has 0 bridgehead atoms. The first kappa shape index (κ1) is 111. The number of aromatic nitrogens is 8. The fourth-order valence-corrected chi connectivity index (χ4v) is 16.0. The second-order valence-corrected chi connectivity index (χ2v) is 33.9. The molecule has 10 nitrogen and oxygen atoms in total. The number of fused-ring (bicyclic) bond motifs is 3. The normalized spacial score (nSPS) is 10.6. The number of pyridine rings is 8. The van der Waals surface area contributed by atoms with Gasteiger partial charge in [0, 0.05) is 165 Å². The summed E-state index contributed by atoms with van der Waals surface area (Å²) in [6.07, 6.45) is 18.4. The van der Waals surface area contributed by atoms with Crippen molar-refractivity contribution in [2.24, 2.45) is 5.92 Å². The minimum absolute atomic E-state index is 0. The average Bonchev–Trinajstić information content (AvgIpc) is 1.63. The van der Waals surface area contributed by atoms with Crippen LogP contribution in [0.25, 0.3) is 135 Å². The van der Waals surface area contributed by atoms with Crippen molar-refractivity contribution < 1.29 is 85.0 Å². The third-order valence-electron chi connectivity index (χ3n) is 23.2. The Kier molecular flexibility index (Phi) is 45.2. The second-order valence-electron chi connectivity index (χ2n) is 33.9. The summed E-state index contributed by atoms with van der Waals surface area (Å²) in [6.45, 7) is 10.5. The molecule has 736 valence electrons. The summed E-state index contributed by atoms with van der Waals surface area (Å²) in [7, 11) is 0. The van der Waals surface area contributed by atoms with Crippen LogP contribution in [0.3, 0.4) is 0 Å². The summed E-state index contributed by atoms with van der Waals surface area (Å²) in [6, 6.07) is 186. The fraction of sp³-hybridized carbons (Fsp3) is 0.0597. The molecule has 8 aromatic heterocycles. The summed E-state index contributed by atoms with van der Waals surface area (Å²) >= 11 is 0. The van der Waals surface area contributed by atoms with Crippen LogP contribution in [-0.2, 0) is 93.4 Å². The molecule has 24 rings (SSSR count). The van der Waals surface area contributed by atoms with Gasteiger partial charge in [0.1, 0.15) is 0 Å². The van der Waals surface area contributed by atoms with Crippen LogP contribution >= 0.6 is 0 Å². The third kappa shape index (κ3) is 33.4. The van der Waals surface area contributed by atoms with Crippen molar-refractivity contribution in [3.63, 3.8) is 0 Å². The first-order chi connectivity index (χ1) is 71.1. The van der Waals surface area contributed by atoms with Crippen molar-refractivity contribution >= 4 is 11.4 Å². The zero-order chi connectivity index (χ0) is 98.6. The summed E-state index contributed by atoms with van der Waals surface area (Å²) in [5.74, 6) is 0.641. The van der Waals surface area contributed by atoms with E-state index in [1.165, 1.54) is 72.6 Å². The fourth-order valence-electron chi connectivity index (χ4n) is 16.0. The van der Waals surface area contributed by atoms with Gasteiger partial charge in [-0.2, -0.15) is 28.8 Å². The molecule has 0 amide bonds. The molecule has 0 saturated carbocycles. The van der Waals surface area contributed by atoms with E-state index in [1.807, 2.05) is 310 Å². The molecule has 0 aliphatic carbocycles. The summed E-state index contributed by atoms with van der Waals surface area (Å²) < 4.78 is 2.30. The SMILES string of the molecule is CC(C)Cc1cccc(-c2[c-]cccc2)n1.Cc1cc(-c2[c-]cccc2)ncc1-c1ccccc1.Cc1ccccc1-c1ccc(-c2[c-]cccc2)nc1.[Ir].[Ir].[Ir].[Ir].[c-]1ccc(-c2ccccc2)cc1-c1ccccn1.[c-]1ccccc1-c1ccccn1.[c-]1ccccc1-c1ccccn1.[c-]1ccccc1-c1ccccn1.[c-]1ccccc1N1C=CN(c2ccccc2)C1.c1ccc(-c2ccc3c(c2)-c2cccc[n+]2C3)cc1. The van der Waals surface area contributed by atoms with Crippen molar-refractivity contribution in [3.8, 4) is 135 Å². The number of para-hydroxylation sites is 2. The number of rotatable bonds is 15. The summed E-state index contributed by atoms with van der Waals surface area (Å²) in [5.41, 5.74) is 33.9. The van der Waals surface area contributed by atoms with Crippen LogP contribution in [0.5, 0.6) is 0 Å². The van der Waals surface area contributed by atoms with E-state index in [0.717, 1.165) is 115 Å². The van der Waals surface area contributed by atoms with Gasteiger partial charge in [0.15, 0.2) is 12.7 Å². The Balaban J connectivity index is 0.000000148. The van der Waals surface area contributed by atoms with Crippen molar-refractivity contribution in [3.05, 3.63) is 606 Å².